The molecule has 0 saturated heterocycles. The largest absolute Gasteiger partial charge is 0.255 e. The molecule has 3 rings (SSSR count). The SMILES string of the molecule is C/C(=N\Nc1nc(-c2cccc(Br)c2)cs1)c1ccccn1. The third-order valence-electron chi connectivity index (χ3n) is 2.98. The van der Waals surface area contributed by atoms with Crippen LogP contribution in [0.1, 0.15) is 12.6 Å². The zero-order chi connectivity index (χ0) is 15.4. The molecule has 22 heavy (non-hydrogen) atoms. The lowest BCUT2D eigenvalue weighted by atomic mass is 10.2. The van der Waals surface area contributed by atoms with Gasteiger partial charge in [-0.05, 0) is 31.2 Å². The predicted molar refractivity (Wildman–Crippen MR) is 95.3 cm³/mol. The molecule has 0 aliphatic heterocycles. The van der Waals surface area contributed by atoms with E-state index in [9.17, 15) is 0 Å². The summed E-state index contributed by atoms with van der Waals surface area (Å²) in [7, 11) is 0. The Morgan fingerprint density at radius 3 is 2.91 bits per heavy atom. The molecule has 0 unspecified atom stereocenters. The first-order valence-electron chi connectivity index (χ1n) is 6.65. The summed E-state index contributed by atoms with van der Waals surface area (Å²) in [6.07, 6.45) is 1.75. The van der Waals surface area contributed by atoms with Gasteiger partial charge in [0.1, 0.15) is 0 Å². The molecule has 0 bridgehead atoms. The van der Waals surface area contributed by atoms with Gasteiger partial charge >= 0.3 is 0 Å². The number of benzene rings is 1. The first-order chi connectivity index (χ1) is 10.7. The second-order valence-electron chi connectivity index (χ2n) is 4.57. The van der Waals surface area contributed by atoms with E-state index in [1.165, 1.54) is 11.3 Å². The molecule has 2 aromatic heterocycles. The van der Waals surface area contributed by atoms with Crippen LogP contribution in [0.25, 0.3) is 11.3 Å². The van der Waals surface area contributed by atoms with Crippen LogP contribution in [-0.4, -0.2) is 15.7 Å². The lowest BCUT2D eigenvalue weighted by Crippen LogP contribution is -2.01. The molecule has 0 radical (unpaired) electrons. The number of pyridine rings is 1. The Kier molecular flexibility index (Phi) is 4.60. The number of halogens is 1. The maximum absolute atomic E-state index is 4.55. The van der Waals surface area contributed by atoms with Crippen molar-refractivity contribution in [2.75, 3.05) is 5.43 Å². The number of rotatable bonds is 4. The van der Waals surface area contributed by atoms with Crippen molar-refractivity contribution >= 4 is 38.1 Å². The maximum Gasteiger partial charge on any atom is 0.203 e. The molecule has 0 amide bonds. The summed E-state index contributed by atoms with van der Waals surface area (Å²) in [6.45, 7) is 1.91. The third kappa shape index (κ3) is 3.58. The maximum atomic E-state index is 4.55. The van der Waals surface area contributed by atoms with E-state index in [1.54, 1.807) is 6.20 Å². The van der Waals surface area contributed by atoms with Gasteiger partial charge in [-0.2, -0.15) is 5.10 Å². The number of thiazole rings is 1. The van der Waals surface area contributed by atoms with Gasteiger partial charge in [0.2, 0.25) is 5.13 Å². The van der Waals surface area contributed by atoms with Gasteiger partial charge in [0.25, 0.3) is 0 Å². The highest BCUT2D eigenvalue weighted by Gasteiger charge is 2.05. The highest BCUT2D eigenvalue weighted by molar-refractivity contribution is 9.10. The smallest absolute Gasteiger partial charge is 0.203 e. The van der Waals surface area contributed by atoms with Crippen LogP contribution >= 0.6 is 27.3 Å². The van der Waals surface area contributed by atoms with Gasteiger partial charge in [-0.15, -0.1) is 11.3 Å². The Morgan fingerprint density at radius 1 is 1.23 bits per heavy atom. The van der Waals surface area contributed by atoms with Crippen LogP contribution in [0.4, 0.5) is 5.13 Å². The van der Waals surface area contributed by atoms with Gasteiger partial charge in [0.15, 0.2) is 0 Å². The monoisotopic (exact) mass is 372 g/mol. The molecule has 0 aliphatic carbocycles. The Morgan fingerprint density at radius 2 is 2.14 bits per heavy atom. The quantitative estimate of drug-likeness (QED) is 0.528. The van der Waals surface area contributed by atoms with Gasteiger partial charge < -0.3 is 0 Å². The van der Waals surface area contributed by atoms with Gasteiger partial charge in [-0.3, -0.25) is 10.4 Å². The van der Waals surface area contributed by atoms with E-state index in [2.05, 4.69) is 36.4 Å². The van der Waals surface area contributed by atoms with E-state index < -0.39 is 0 Å². The lowest BCUT2D eigenvalue weighted by Gasteiger charge is -2.00. The standard InChI is InChI=1S/C16H13BrN4S/c1-11(14-7-2-3-8-18-14)20-21-16-19-15(10-22-16)12-5-4-6-13(17)9-12/h2-10H,1H3,(H,19,21)/b20-11+. The average molecular weight is 373 g/mol. The first-order valence-corrected chi connectivity index (χ1v) is 8.33. The van der Waals surface area contributed by atoms with Gasteiger partial charge in [-0.1, -0.05) is 34.1 Å². The number of nitrogens with one attached hydrogen (secondary N) is 1. The molecule has 0 atom stereocenters. The number of anilines is 1. The topological polar surface area (TPSA) is 50.2 Å². The first kappa shape index (κ1) is 14.9. The minimum absolute atomic E-state index is 0.755. The highest BCUT2D eigenvalue weighted by atomic mass is 79.9. The fourth-order valence-electron chi connectivity index (χ4n) is 1.87. The Balaban J connectivity index is 1.75. The van der Waals surface area contributed by atoms with Crippen molar-refractivity contribution in [1.29, 1.82) is 0 Å². The summed E-state index contributed by atoms with van der Waals surface area (Å²) in [4.78, 5) is 8.81. The third-order valence-corrected chi connectivity index (χ3v) is 4.22. The van der Waals surface area contributed by atoms with E-state index >= 15 is 0 Å². The van der Waals surface area contributed by atoms with Crippen LogP contribution in [-0.2, 0) is 0 Å². The molecule has 1 aromatic carbocycles. The molecule has 0 fully saturated rings. The van der Waals surface area contributed by atoms with Crippen LogP contribution in [0.15, 0.2) is 63.6 Å². The summed E-state index contributed by atoms with van der Waals surface area (Å²) in [5, 5.41) is 7.10. The Hall–Kier alpha value is -2.05. The van der Waals surface area contributed by atoms with Crippen molar-refractivity contribution in [3.05, 3.63) is 64.2 Å². The van der Waals surface area contributed by atoms with Crippen LogP contribution < -0.4 is 5.43 Å². The summed E-state index contributed by atoms with van der Waals surface area (Å²) < 4.78 is 1.04. The fourth-order valence-corrected chi connectivity index (χ4v) is 2.93. The van der Waals surface area contributed by atoms with E-state index in [1.807, 2.05) is 54.8 Å². The van der Waals surface area contributed by atoms with Crippen LogP contribution in [0.2, 0.25) is 0 Å². The zero-order valence-corrected chi connectivity index (χ0v) is 14.2. The molecule has 0 aliphatic rings. The highest BCUT2D eigenvalue weighted by Crippen LogP contribution is 2.26. The number of nitrogens with zero attached hydrogens (tertiary/aromatic N) is 3. The molecular weight excluding hydrogens is 360 g/mol. The van der Waals surface area contributed by atoms with Gasteiger partial charge in [0.05, 0.1) is 17.1 Å². The molecule has 6 heteroatoms. The van der Waals surface area contributed by atoms with E-state index in [-0.39, 0.29) is 0 Å². The molecule has 4 nitrogen and oxygen atoms in total. The summed E-state index contributed by atoms with van der Waals surface area (Å²) >= 11 is 5.00. The molecule has 0 saturated carbocycles. The predicted octanol–water partition coefficient (Wildman–Crippen LogP) is 4.80. The number of aromatic nitrogens is 2. The molecule has 3 aromatic rings. The van der Waals surface area contributed by atoms with E-state index in [0.717, 1.165) is 32.3 Å². The Labute approximate surface area is 141 Å². The van der Waals surface area contributed by atoms with Gasteiger partial charge in [0, 0.05) is 21.6 Å². The van der Waals surface area contributed by atoms with Crippen molar-refractivity contribution in [3.63, 3.8) is 0 Å². The van der Waals surface area contributed by atoms with Crippen molar-refractivity contribution in [3.8, 4) is 11.3 Å². The number of hydrazone groups is 1. The fraction of sp³-hybridized carbons (Fsp3) is 0.0625. The minimum Gasteiger partial charge on any atom is -0.255 e. The van der Waals surface area contributed by atoms with E-state index in [0.29, 0.717) is 0 Å². The number of hydrogen-bond donors (Lipinski definition) is 1. The van der Waals surface area contributed by atoms with E-state index in [4.69, 9.17) is 0 Å². The van der Waals surface area contributed by atoms with Crippen molar-refractivity contribution in [2.45, 2.75) is 6.92 Å². The second kappa shape index (κ2) is 6.81. The second-order valence-corrected chi connectivity index (χ2v) is 6.35. The zero-order valence-electron chi connectivity index (χ0n) is 11.8. The van der Waals surface area contributed by atoms with Gasteiger partial charge in [-0.25, -0.2) is 4.98 Å². The van der Waals surface area contributed by atoms with Crippen LogP contribution in [0, 0.1) is 0 Å². The summed E-state index contributed by atoms with van der Waals surface area (Å²) in [5.41, 5.74) is 6.66. The molecule has 1 N–H and O–H groups in total. The van der Waals surface area contributed by atoms with Crippen LogP contribution in [0.5, 0.6) is 0 Å². The van der Waals surface area contributed by atoms with Crippen molar-refractivity contribution < 1.29 is 0 Å². The van der Waals surface area contributed by atoms with Crippen molar-refractivity contribution in [2.24, 2.45) is 5.10 Å². The Bertz CT molecular complexity index is 799. The molecular formula is C16H13BrN4S. The average Bonchev–Trinajstić information content (AvgIpc) is 3.02. The number of hydrogen-bond acceptors (Lipinski definition) is 5. The molecule has 110 valence electrons. The summed E-state index contributed by atoms with van der Waals surface area (Å²) in [6, 6.07) is 13.8. The van der Waals surface area contributed by atoms with Crippen LogP contribution in [0.3, 0.4) is 0 Å². The van der Waals surface area contributed by atoms with Crippen molar-refractivity contribution in [1.82, 2.24) is 9.97 Å². The minimum atomic E-state index is 0.755. The molecule has 2 heterocycles. The molecule has 0 spiro atoms. The normalized spacial score (nSPS) is 11.5. The summed E-state index contributed by atoms with van der Waals surface area (Å²) in [5.74, 6) is 0. The lowest BCUT2D eigenvalue weighted by molar-refractivity contribution is 1.23.